The Labute approximate surface area is 120 Å². The standard InChI is InChI=1S/C15H24N4O/c1-3-9-19(13-5-4-7-17-11-13)12-6-8-18-14(10-12)15(20)16-2/h6,8,10,13,17H,3-5,7,9,11H2,1-2H3,(H,16,20). The number of rotatable bonds is 5. The minimum Gasteiger partial charge on any atom is -0.367 e. The molecule has 1 fully saturated rings. The maximum atomic E-state index is 11.7. The zero-order valence-corrected chi connectivity index (χ0v) is 12.4. The Morgan fingerprint density at radius 1 is 1.60 bits per heavy atom. The van der Waals surface area contributed by atoms with Crippen LogP contribution in [0, 0.1) is 0 Å². The van der Waals surface area contributed by atoms with E-state index in [0.29, 0.717) is 11.7 Å². The Morgan fingerprint density at radius 3 is 3.10 bits per heavy atom. The number of anilines is 1. The van der Waals surface area contributed by atoms with Crippen molar-refractivity contribution in [3.05, 3.63) is 24.0 Å². The van der Waals surface area contributed by atoms with E-state index in [9.17, 15) is 4.79 Å². The van der Waals surface area contributed by atoms with Crippen LogP contribution in [0.15, 0.2) is 18.3 Å². The Bertz CT molecular complexity index is 443. The minimum absolute atomic E-state index is 0.134. The first-order valence-corrected chi connectivity index (χ1v) is 7.41. The van der Waals surface area contributed by atoms with Gasteiger partial charge in [0, 0.05) is 38.1 Å². The van der Waals surface area contributed by atoms with Crippen molar-refractivity contribution >= 4 is 11.6 Å². The highest BCUT2D eigenvalue weighted by atomic mass is 16.1. The topological polar surface area (TPSA) is 57.3 Å². The Hall–Kier alpha value is -1.62. The second kappa shape index (κ2) is 7.24. The van der Waals surface area contributed by atoms with Crippen LogP contribution in [0.4, 0.5) is 5.69 Å². The molecule has 20 heavy (non-hydrogen) atoms. The number of nitrogens with one attached hydrogen (secondary N) is 2. The third-order valence-electron chi connectivity index (χ3n) is 3.71. The minimum atomic E-state index is -0.134. The van der Waals surface area contributed by atoms with Crippen molar-refractivity contribution in [2.24, 2.45) is 0 Å². The molecule has 0 saturated carbocycles. The van der Waals surface area contributed by atoms with Crippen molar-refractivity contribution < 1.29 is 4.79 Å². The number of amides is 1. The molecule has 0 spiro atoms. The summed E-state index contributed by atoms with van der Waals surface area (Å²) in [6, 6.07) is 4.39. The van der Waals surface area contributed by atoms with Gasteiger partial charge in [0.2, 0.25) is 0 Å². The van der Waals surface area contributed by atoms with E-state index < -0.39 is 0 Å². The average molecular weight is 276 g/mol. The van der Waals surface area contributed by atoms with Gasteiger partial charge >= 0.3 is 0 Å². The lowest BCUT2D eigenvalue weighted by Gasteiger charge is -2.36. The van der Waals surface area contributed by atoms with Gasteiger partial charge in [-0.3, -0.25) is 9.78 Å². The Morgan fingerprint density at radius 2 is 2.45 bits per heavy atom. The predicted octanol–water partition coefficient (Wildman–Crippen LogP) is 1.41. The van der Waals surface area contributed by atoms with Crippen LogP contribution < -0.4 is 15.5 Å². The zero-order chi connectivity index (χ0) is 14.4. The van der Waals surface area contributed by atoms with E-state index in [-0.39, 0.29) is 5.91 Å². The number of hydrogen-bond donors (Lipinski definition) is 2. The van der Waals surface area contributed by atoms with Gasteiger partial charge in [0.1, 0.15) is 5.69 Å². The molecule has 1 aromatic rings. The molecule has 2 heterocycles. The van der Waals surface area contributed by atoms with Crippen LogP contribution in [0.25, 0.3) is 0 Å². The molecule has 1 amide bonds. The number of aromatic nitrogens is 1. The van der Waals surface area contributed by atoms with Crippen LogP contribution >= 0.6 is 0 Å². The fraction of sp³-hybridized carbons (Fsp3) is 0.600. The van der Waals surface area contributed by atoms with Gasteiger partial charge < -0.3 is 15.5 Å². The first-order chi connectivity index (χ1) is 9.76. The van der Waals surface area contributed by atoms with Crippen LogP contribution in [0.2, 0.25) is 0 Å². The fourth-order valence-electron chi connectivity index (χ4n) is 2.71. The zero-order valence-electron chi connectivity index (χ0n) is 12.4. The molecule has 1 aliphatic heterocycles. The van der Waals surface area contributed by atoms with Gasteiger partial charge in [-0.2, -0.15) is 0 Å². The lowest BCUT2D eigenvalue weighted by atomic mass is 10.0. The van der Waals surface area contributed by atoms with E-state index in [0.717, 1.165) is 31.7 Å². The molecular formula is C15H24N4O. The van der Waals surface area contributed by atoms with Crippen molar-refractivity contribution in [2.75, 3.05) is 31.6 Å². The third kappa shape index (κ3) is 3.48. The number of carbonyl (C=O) groups is 1. The van der Waals surface area contributed by atoms with Crippen LogP contribution in [0.3, 0.4) is 0 Å². The van der Waals surface area contributed by atoms with Gasteiger partial charge in [0.15, 0.2) is 0 Å². The first-order valence-electron chi connectivity index (χ1n) is 7.41. The van der Waals surface area contributed by atoms with Gasteiger partial charge in [0.05, 0.1) is 0 Å². The van der Waals surface area contributed by atoms with E-state index in [1.165, 1.54) is 12.8 Å². The molecule has 1 saturated heterocycles. The smallest absolute Gasteiger partial charge is 0.269 e. The summed E-state index contributed by atoms with van der Waals surface area (Å²) in [7, 11) is 1.63. The fourth-order valence-corrected chi connectivity index (χ4v) is 2.71. The number of hydrogen-bond acceptors (Lipinski definition) is 4. The maximum Gasteiger partial charge on any atom is 0.269 e. The molecule has 0 aromatic carbocycles. The van der Waals surface area contributed by atoms with Gasteiger partial charge in [-0.15, -0.1) is 0 Å². The van der Waals surface area contributed by atoms with Crippen LogP contribution in [-0.4, -0.2) is 43.6 Å². The number of nitrogens with zero attached hydrogens (tertiary/aromatic N) is 2. The largest absolute Gasteiger partial charge is 0.367 e. The Kier molecular flexibility index (Phi) is 5.35. The quantitative estimate of drug-likeness (QED) is 0.854. The summed E-state index contributed by atoms with van der Waals surface area (Å²) in [4.78, 5) is 18.3. The highest BCUT2D eigenvalue weighted by Crippen LogP contribution is 2.21. The summed E-state index contributed by atoms with van der Waals surface area (Å²) in [5.74, 6) is -0.134. The monoisotopic (exact) mass is 276 g/mol. The SMILES string of the molecule is CCCN(c1ccnc(C(=O)NC)c1)C1CCCNC1. The number of carbonyl (C=O) groups excluding carboxylic acids is 1. The highest BCUT2D eigenvalue weighted by Gasteiger charge is 2.21. The maximum absolute atomic E-state index is 11.7. The summed E-state index contributed by atoms with van der Waals surface area (Å²) >= 11 is 0. The Balaban J connectivity index is 2.21. The van der Waals surface area contributed by atoms with Crippen LogP contribution in [0.5, 0.6) is 0 Å². The molecule has 1 atom stereocenters. The van der Waals surface area contributed by atoms with Crippen molar-refractivity contribution in [1.82, 2.24) is 15.6 Å². The molecule has 0 aliphatic carbocycles. The second-order valence-electron chi connectivity index (χ2n) is 5.17. The molecule has 1 unspecified atom stereocenters. The van der Waals surface area contributed by atoms with E-state index in [2.05, 4.69) is 27.4 Å². The number of pyridine rings is 1. The van der Waals surface area contributed by atoms with E-state index in [4.69, 9.17) is 0 Å². The van der Waals surface area contributed by atoms with Crippen molar-refractivity contribution in [3.8, 4) is 0 Å². The van der Waals surface area contributed by atoms with E-state index in [1.807, 2.05) is 12.1 Å². The number of piperidine rings is 1. The molecule has 1 aliphatic rings. The van der Waals surface area contributed by atoms with Gasteiger partial charge in [-0.05, 0) is 37.9 Å². The molecule has 5 nitrogen and oxygen atoms in total. The lowest BCUT2D eigenvalue weighted by molar-refractivity contribution is 0.0958. The van der Waals surface area contributed by atoms with Crippen molar-refractivity contribution in [1.29, 1.82) is 0 Å². The molecule has 5 heteroatoms. The van der Waals surface area contributed by atoms with Gasteiger partial charge in [-0.25, -0.2) is 0 Å². The molecule has 2 rings (SSSR count). The summed E-state index contributed by atoms with van der Waals surface area (Å²) in [6.45, 7) is 5.31. The van der Waals surface area contributed by atoms with Crippen molar-refractivity contribution in [3.63, 3.8) is 0 Å². The molecule has 0 bridgehead atoms. The normalized spacial score (nSPS) is 18.6. The van der Waals surface area contributed by atoms with Crippen LogP contribution in [-0.2, 0) is 0 Å². The lowest BCUT2D eigenvalue weighted by Crippen LogP contribution is -2.46. The average Bonchev–Trinajstić information content (AvgIpc) is 2.52. The summed E-state index contributed by atoms with van der Waals surface area (Å²) in [6.07, 6.45) is 5.22. The summed E-state index contributed by atoms with van der Waals surface area (Å²) in [5, 5.41) is 6.08. The van der Waals surface area contributed by atoms with Gasteiger partial charge in [0.25, 0.3) is 5.91 Å². The summed E-state index contributed by atoms with van der Waals surface area (Å²) in [5.41, 5.74) is 1.57. The molecular weight excluding hydrogens is 252 g/mol. The van der Waals surface area contributed by atoms with Crippen LogP contribution in [0.1, 0.15) is 36.7 Å². The second-order valence-corrected chi connectivity index (χ2v) is 5.17. The highest BCUT2D eigenvalue weighted by molar-refractivity contribution is 5.92. The predicted molar refractivity (Wildman–Crippen MR) is 81.2 cm³/mol. The molecule has 110 valence electrons. The van der Waals surface area contributed by atoms with Crippen molar-refractivity contribution in [2.45, 2.75) is 32.2 Å². The third-order valence-corrected chi connectivity index (χ3v) is 3.71. The molecule has 2 N–H and O–H groups in total. The molecule has 0 radical (unpaired) electrons. The summed E-state index contributed by atoms with van der Waals surface area (Å²) < 4.78 is 0. The first kappa shape index (κ1) is 14.8. The molecule has 1 aromatic heterocycles. The van der Waals surface area contributed by atoms with E-state index in [1.54, 1.807) is 13.2 Å². The van der Waals surface area contributed by atoms with Gasteiger partial charge in [-0.1, -0.05) is 6.92 Å². The van der Waals surface area contributed by atoms with E-state index >= 15 is 0 Å².